The lowest BCUT2D eigenvalue weighted by molar-refractivity contribution is -0.167. The Morgan fingerprint density at radius 1 is 0.915 bits per heavy atom. The SMILES string of the molecule is CC(C)(ON=S1C=C(CC(=O)N[C@@H]2C(=O)N[C@@H]2SCCC(=O)ONC(=O)CCl)N=C1NC(c1ccccc1)(c1ccccc1)c1ccccc1)C(=O)OCC[Si](C)(C)C. The largest absolute Gasteiger partial charge is 0.464 e. The number of hydrogen-bond donors (Lipinski definition) is 4. The fourth-order valence-electron chi connectivity index (χ4n) is 5.83. The molecule has 3 aromatic carbocycles. The molecule has 14 nitrogen and oxygen atoms in total. The van der Waals surface area contributed by atoms with Gasteiger partial charge >= 0.3 is 11.9 Å². The van der Waals surface area contributed by atoms with E-state index in [-0.39, 0.29) is 37.0 Å². The second-order valence-electron chi connectivity index (χ2n) is 15.3. The van der Waals surface area contributed by atoms with E-state index in [1.54, 1.807) is 19.3 Å². The number of thioether (sulfide) groups is 1. The Kier molecular flexibility index (Phi) is 15.7. The first kappa shape index (κ1) is 45.3. The molecule has 1 unspecified atom stereocenters. The summed E-state index contributed by atoms with van der Waals surface area (Å²) < 4.78 is 10.2. The molecule has 0 aliphatic carbocycles. The molecule has 2 heterocycles. The third-order valence-electron chi connectivity index (χ3n) is 9.06. The quantitative estimate of drug-likeness (QED) is 0.0320. The highest BCUT2D eigenvalue weighted by Crippen LogP contribution is 2.38. The predicted octanol–water partition coefficient (Wildman–Crippen LogP) is 5.44. The summed E-state index contributed by atoms with van der Waals surface area (Å²) in [6.45, 7) is 10.1. The van der Waals surface area contributed by atoms with Gasteiger partial charge in [0, 0.05) is 29.9 Å². The zero-order chi connectivity index (χ0) is 42.6. The molecule has 3 aromatic rings. The fraction of sp³-hybridized carbons (Fsp3) is 0.366. The smallest absolute Gasteiger partial charge is 0.340 e. The van der Waals surface area contributed by atoms with Crippen LogP contribution >= 0.6 is 23.4 Å². The van der Waals surface area contributed by atoms with Gasteiger partial charge in [-0.05, 0) is 36.6 Å². The van der Waals surface area contributed by atoms with Crippen molar-refractivity contribution in [3.63, 3.8) is 0 Å². The first-order valence-corrected chi connectivity index (χ1v) is 25.4. The summed E-state index contributed by atoms with van der Waals surface area (Å²) >= 11 is 6.63. The first-order chi connectivity index (χ1) is 28.1. The summed E-state index contributed by atoms with van der Waals surface area (Å²) in [6.07, 6.45) is -0.260. The average Bonchev–Trinajstić information content (AvgIpc) is 3.60. The van der Waals surface area contributed by atoms with E-state index < -0.39 is 65.1 Å². The lowest BCUT2D eigenvalue weighted by Crippen LogP contribution is -2.67. The van der Waals surface area contributed by atoms with Crippen LogP contribution < -0.4 is 21.4 Å². The van der Waals surface area contributed by atoms with Crippen LogP contribution in [0.3, 0.4) is 0 Å². The van der Waals surface area contributed by atoms with Crippen molar-refractivity contribution in [2.45, 2.75) is 74.9 Å². The number of ether oxygens (including phenoxy) is 1. The Balaban J connectivity index is 1.40. The van der Waals surface area contributed by atoms with Crippen LogP contribution in [-0.4, -0.2) is 78.2 Å². The minimum Gasteiger partial charge on any atom is -0.464 e. The first-order valence-electron chi connectivity index (χ1n) is 18.9. The zero-order valence-corrected chi connectivity index (χ0v) is 36.9. The van der Waals surface area contributed by atoms with Gasteiger partial charge in [0.2, 0.25) is 11.8 Å². The van der Waals surface area contributed by atoms with Crippen LogP contribution in [0.4, 0.5) is 0 Å². The van der Waals surface area contributed by atoms with Crippen LogP contribution in [0.25, 0.3) is 0 Å². The Bertz CT molecular complexity index is 1990. The maximum atomic E-state index is 13.5. The van der Waals surface area contributed by atoms with Crippen LogP contribution in [0.1, 0.15) is 43.4 Å². The van der Waals surface area contributed by atoms with Gasteiger partial charge in [0.25, 0.3) is 5.91 Å². The second-order valence-corrected chi connectivity index (χ2v) is 23.9. The number of carbonyl (C=O) groups is 5. The summed E-state index contributed by atoms with van der Waals surface area (Å²) in [4.78, 5) is 78.0. The molecular weight excluding hydrogens is 832 g/mol. The van der Waals surface area contributed by atoms with Gasteiger partial charge in [0.15, 0.2) is 10.8 Å². The van der Waals surface area contributed by atoms with Crippen LogP contribution in [0, 0.1) is 0 Å². The van der Waals surface area contributed by atoms with Crippen molar-refractivity contribution in [1.82, 2.24) is 21.4 Å². The molecule has 3 atom stereocenters. The van der Waals surface area contributed by atoms with E-state index >= 15 is 0 Å². The van der Waals surface area contributed by atoms with Gasteiger partial charge in [0.05, 0.1) is 25.1 Å². The number of aliphatic imine (C=N–C) groups is 1. The topological polar surface area (TPSA) is 186 Å². The van der Waals surface area contributed by atoms with Crippen molar-refractivity contribution in [3.8, 4) is 0 Å². The molecule has 0 saturated carbocycles. The number of carbonyl (C=O) groups excluding carboxylic acids is 5. The van der Waals surface area contributed by atoms with E-state index in [1.165, 1.54) is 11.8 Å². The van der Waals surface area contributed by atoms with Crippen LogP contribution in [0.2, 0.25) is 25.7 Å². The normalized spacial score (nSPS) is 17.8. The Morgan fingerprint density at radius 3 is 2.02 bits per heavy atom. The maximum Gasteiger partial charge on any atom is 0.340 e. The standard InChI is InChI=1S/C41H49ClN6O8S2Si/c1-40(2,38(53)54-22-24-59(3,4)5)56-48-58-27-31(25-32(49)44-35-36(52)45-37(35)57-23-21-34(51)55-47-33(50)26-42)43-39(58)46-41(28-15-9-6-10-16-28,29-17-11-7-12-18-29)30-19-13-8-14-20-30/h6-20,27,35,37H,21-26H2,1-5H3,(H,43,46)(H,44,49)(H,45,52)(H,47,50)/t35-,37-,58?/m1/s1. The molecule has 0 aromatic heterocycles. The van der Waals surface area contributed by atoms with E-state index in [9.17, 15) is 24.0 Å². The van der Waals surface area contributed by atoms with Gasteiger partial charge in [-0.15, -0.1) is 23.4 Å². The number of nitrogens with one attached hydrogen (secondary N) is 4. The summed E-state index contributed by atoms with van der Waals surface area (Å²) in [6, 6.07) is 29.7. The minimum absolute atomic E-state index is 0.0606. The molecule has 1 saturated heterocycles. The maximum absolute atomic E-state index is 13.5. The van der Waals surface area contributed by atoms with Gasteiger partial charge in [-0.25, -0.2) is 19.4 Å². The third-order valence-corrected chi connectivity index (χ3v) is 13.5. The van der Waals surface area contributed by atoms with E-state index in [0.29, 0.717) is 10.9 Å². The monoisotopic (exact) mass is 880 g/mol. The Hall–Kier alpha value is -4.81. The number of halogens is 1. The third kappa shape index (κ3) is 12.4. The highest BCUT2D eigenvalue weighted by Gasteiger charge is 2.42. The number of amides is 3. The summed E-state index contributed by atoms with van der Waals surface area (Å²) in [7, 11) is -2.71. The van der Waals surface area contributed by atoms with Crippen LogP contribution in [0.15, 0.2) is 112 Å². The number of hydroxylamine groups is 1. The van der Waals surface area contributed by atoms with E-state index in [1.807, 2.05) is 96.5 Å². The molecule has 0 bridgehead atoms. The van der Waals surface area contributed by atoms with Crippen molar-refractivity contribution in [3.05, 3.63) is 119 Å². The highest BCUT2D eigenvalue weighted by atomic mass is 35.5. The molecule has 2 aliphatic rings. The van der Waals surface area contributed by atoms with Crippen molar-refractivity contribution in [2.24, 2.45) is 9.52 Å². The Labute approximate surface area is 356 Å². The lowest BCUT2D eigenvalue weighted by Gasteiger charge is -2.37. The molecule has 314 valence electrons. The number of alkyl halides is 1. The summed E-state index contributed by atoms with van der Waals surface area (Å²) in [5, 5.41) is 10.8. The molecule has 18 heteroatoms. The molecular formula is C41H49ClN6O8S2Si. The number of rotatable bonds is 18. The van der Waals surface area contributed by atoms with E-state index in [4.69, 9.17) is 26.2 Å². The molecule has 59 heavy (non-hydrogen) atoms. The molecule has 1 fully saturated rings. The van der Waals surface area contributed by atoms with Gasteiger partial charge < -0.3 is 25.5 Å². The number of amidine groups is 1. The van der Waals surface area contributed by atoms with Gasteiger partial charge in [-0.1, -0.05) is 115 Å². The van der Waals surface area contributed by atoms with Crippen molar-refractivity contribution in [2.75, 3.05) is 18.2 Å². The fourth-order valence-corrected chi connectivity index (χ4v) is 9.07. The molecule has 4 N–H and O–H groups in total. The average molecular weight is 882 g/mol. The minimum atomic E-state index is -1.45. The van der Waals surface area contributed by atoms with Crippen molar-refractivity contribution >= 4 is 77.0 Å². The zero-order valence-electron chi connectivity index (χ0n) is 33.5. The van der Waals surface area contributed by atoms with E-state index in [2.05, 4.69) is 45.0 Å². The number of esters is 1. The van der Waals surface area contributed by atoms with E-state index in [0.717, 1.165) is 22.7 Å². The molecule has 0 radical (unpaired) electrons. The van der Waals surface area contributed by atoms with Gasteiger partial charge in [-0.2, -0.15) is 5.48 Å². The number of nitrogens with zero attached hydrogens (tertiary/aromatic N) is 2. The van der Waals surface area contributed by atoms with Crippen LogP contribution in [-0.2, 0) is 54.6 Å². The predicted molar refractivity (Wildman–Crippen MR) is 232 cm³/mol. The molecule has 0 spiro atoms. The second kappa shape index (κ2) is 20.4. The Morgan fingerprint density at radius 2 is 1.49 bits per heavy atom. The molecule has 5 rings (SSSR count). The molecule has 2 aliphatic heterocycles. The van der Waals surface area contributed by atoms with Gasteiger partial charge in [0.1, 0.15) is 22.8 Å². The van der Waals surface area contributed by atoms with Gasteiger partial charge in [-0.3, -0.25) is 14.4 Å². The number of hydrogen-bond acceptors (Lipinski definition) is 12. The molecule has 3 amide bonds. The summed E-state index contributed by atoms with van der Waals surface area (Å²) in [5.41, 5.74) is 2.62. The number of β-lactam (4-membered cyclic amide) rings is 1. The van der Waals surface area contributed by atoms with Crippen LogP contribution in [0.5, 0.6) is 0 Å². The summed E-state index contributed by atoms with van der Waals surface area (Å²) in [5.74, 6) is -2.84. The lowest BCUT2D eigenvalue weighted by atomic mass is 9.77. The number of benzene rings is 3. The van der Waals surface area contributed by atoms with Crippen molar-refractivity contribution in [1.29, 1.82) is 0 Å². The van der Waals surface area contributed by atoms with Crippen molar-refractivity contribution < 1.29 is 38.4 Å². The highest BCUT2D eigenvalue weighted by molar-refractivity contribution is 8.05.